The summed E-state index contributed by atoms with van der Waals surface area (Å²) in [6.45, 7) is 13.5. The van der Waals surface area contributed by atoms with E-state index in [9.17, 15) is 0 Å². The molecular formula is C14H29NO2. The summed E-state index contributed by atoms with van der Waals surface area (Å²) < 4.78 is 11.2. The molecule has 1 aliphatic heterocycles. The first-order valence-electron chi connectivity index (χ1n) is 7.09. The van der Waals surface area contributed by atoms with Gasteiger partial charge in [-0.05, 0) is 45.2 Å². The van der Waals surface area contributed by atoms with E-state index in [0.29, 0.717) is 5.41 Å². The van der Waals surface area contributed by atoms with Crippen LogP contribution >= 0.6 is 0 Å². The lowest BCUT2D eigenvalue weighted by Crippen LogP contribution is -2.43. The Bertz CT molecular complexity index is 194. The van der Waals surface area contributed by atoms with Crippen LogP contribution in [0.1, 0.15) is 47.0 Å². The molecule has 0 saturated carbocycles. The second kappa shape index (κ2) is 7.34. The van der Waals surface area contributed by atoms with Gasteiger partial charge in [-0.25, -0.2) is 0 Å². The fourth-order valence-corrected chi connectivity index (χ4v) is 2.37. The lowest BCUT2D eigenvalue weighted by molar-refractivity contribution is -0.150. The molecule has 0 bridgehead atoms. The van der Waals surface area contributed by atoms with Crippen LogP contribution < -0.4 is 0 Å². The third-order valence-corrected chi connectivity index (χ3v) is 4.03. The third kappa shape index (κ3) is 4.94. The van der Waals surface area contributed by atoms with Crippen LogP contribution in [0.3, 0.4) is 0 Å². The molecule has 0 spiro atoms. The van der Waals surface area contributed by atoms with E-state index in [-0.39, 0.29) is 6.29 Å². The summed E-state index contributed by atoms with van der Waals surface area (Å²) in [5.74, 6) is 0. The van der Waals surface area contributed by atoms with E-state index in [1.54, 1.807) is 0 Å². The molecule has 0 aromatic rings. The van der Waals surface area contributed by atoms with E-state index in [1.165, 1.54) is 32.4 Å². The van der Waals surface area contributed by atoms with E-state index in [0.717, 1.165) is 19.8 Å². The minimum Gasteiger partial charge on any atom is -0.352 e. The molecule has 0 aliphatic carbocycles. The Labute approximate surface area is 106 Å². The quantitative estimate of drug-likeness (QED) is 0.642. The normalized spacial score (nSPS) is 21.0. The van der Waals surface area contributed by atoms with E-state index < -0.39 is 0 Å². The lowest BCUT2D eigenvalue weighted by atomic mass is 9.78. The van der Waals surface area contributed by atoms with Gasteiger partial charge in [0, 0.05) is 19.8 Å². The van der Waals surface area contributed by atoms with Crippen molar-refractivity contribution in [3.63, 3.8) is 0 Å². The van der Waals surface area contributed by atoms with Crippen molar-refractivity contribution in [1.29, 1.82) is 0 Å². The van der Waals surface area contributed by atoms with Crippen molar-refractivity contribution in [2.45, 2.75) is 53.2 Å². The van der Waals surface area contributed by atoms with Crippen molar-refractivity contribution in [3.8, 4) is 0 Å². The number of nitrogens with zero attached hydrogens (tertiary/aromatic N) is 1. The largest absolute Gasteiger partial charge is 0.352 e. The van der Waals surface area contributed by atoms with Crippen molar-refractivity contribution in [2.24, 2.45) is 5.41 Å². The Hall–Kier alpha value is -0.120. The molecular weight excluding hydrogens is 214 g/mol. The van der Waals surface area contributed by atoms with Gasteiger partial charge in [0.2, 0.25) is 0 Å². The summed E-state index contributed by atoms with van der Waals surface area (Å²) in [5.41, 5.74) is 0.559. The first-order valence-corrected chi connectivity index (χ1v) is 7.09. The van der Waals surface area contributed by atoms with Crippen LogP contribution in [0.2, 0.25) is 0 Å². The number of hydrogen-bond donors (Lipinski definition) is 0. The first kappa shape index (κ1) is 14.9. The first-order chi connectivity index (χ1) is 8.13. The molecule has 0 aromatic carbocycles. The molecule has 1 aliphatic rings. The van der Waals surface area contributed by atoms with Crippen LogP contribution in [0, 0.1) is 5.41 Å². The molecule has 1 rings (SSSR count). The molecule has 1 saturated heterocycles. The van der Waals surface area contributed by atoms with Gasteiger partial charge in [-0.2, -0.15) is 0 Å². The SMILES string of the molecule is CCOC(CN1CCC(C)(CC)CC1)OCC. The summed E-state index contributed by atoms with van der Waals surface area (Å²) in [6, 6.07) is 0. The predicted octanol–water partition coefficient (Wildman–Crippen LogP) is 2.90. The highest BCUT2D eigenvalue weighted by Crippen LogP contribution is 2.33. The minimum atomic E-state index is -0.0454. The Morgan fingerprint density at radius 1 is 1.06 bits per heavy atom. The van der Waals surface area contributed by atoms with Crippen LogP contribution in [0.15, 0.2) is 0 Å². The van der Waals surface area contributed by atoms with Gasteiger partial charge in [0.25, 0.3) is 0 Å². The maximum absolute atomic E-state index is 5.60. The molecule has 17 heavy (non-hydrogen) atoms. The van der Waals surface area contributed by atoms with Gasteiger partial charge in [0.15, 0.2) is 6.29 Å². The van der Waals surface area contributed by atoms with E-state index in [4.69, 9.17) is 9.47 Å². The van der Waals surface area contributed by atoms with Crippen LogP contribution in [-0.4, -0.2) is 44.0 Å². The van der Waals surface area contributed by atoms with Crippen LogP contribution in [0.4, 0.5) is 0 Å². The zero-order valence-electron chi connectivity index (χ0n) is 12.0. The summed E-state index contributed by atoms with van der Waals surface area (Å²) in [5, 5.41) is 0. The minimum absolute atomic E-state index is 0.0454. The van der Waals surface area contributed by atoms with Gasteiger partial charge in [-0.1, -0.05) is 20.3 Å². The highest BCUT2D eigenvalue weighted by Gasteiger charge is 2.29. The standard InChI is InChI=1S/C14H29NO2/c1-5-14(4)8-10-15(11-9-14)12-13(16-6-2)17-7-3/h13H,5-12H2,1-4H3. The van der Waals surface area contributed by atoms with Crippen molar-refractivity contribution >= 4 is 0 Å². The van der Waals surface area contributed by atoms with Gasteiger partial charge in [0.05, 0.1) is 0 Å². The smallest absolute Gasteiger partial charge is 0.170 e. The molecule has 3 heteroatoms. The van der Waals surface area contributed by atoms with Crippen LogP contribution in [0.25, 0.3) is 0 Å². The fourth-order valence-electron chi connectivity index (χ4n) is 2.37. The number of hydrogen-bond acceptors (Lipinski definition) is 3. The van der Waals surface area contributed by atoms with Crippen LogP contribution in [0.5, 0.6) is 0 Å². The van der Waals surface area contributed by atoms with Gasteiger partial charge >= 0.3 is 0 Å². The van der Waals surface area contributed by atoms with E-state index >= 15 is 0 Å². The highest BCUT2D eigenvalue weighted by molar-refractivity contribution is 4.81. The second-order valence-corrected chi connectivity index (χ2v) is 5.31. The van der Waals surface area contributed by atoms with Crippen molar-refractivity contribution in [2.75, 3.05) is 32.8 Å². The Balaban J connectivity index is 2.32. The number of likely N-dealkylation sites (tertiary alicyclic amines) is 1. The zero-order chi connectivity index (χ0) is 12.7. The molecule has 0 aromatic heterocycles. The molecule has 0 atom stereocenters. The molecule has 1 heterocycles. The number of piperidine rings is 1. The topological polar surface area (TPSA) is 21.7 Å². The predicted molar refractivity (Wildman–Crippen MR) is 71.1 cm³/mol. The van der Waals surface area contributed by atoms with E-state index in [1.807, 2.05) is 13.8 Å². The number of rotatable bonds is 7. The molecule has 102 valence electrons. The van der Waals surface area contributed by atoms with Crippen molar-refractivity contribution in [1.82, 2.24) is 4.90 Å². The third-order valence-electron chi connectivity index (χ3n) is 4.03. The average molecular weight is 243 g/mol. The fraction of sp³-hybridized carbons (Fsp3) is 1.00. The Kier molecular flexibility index (Phi) is 6.45. The number of ether oxygens (including phenoxy) is 2. The van der Waals surface area contributed by atoms with Gasteiger partial charge in [-0.15, -0.1) is 0 Å². The average Bonchev–Trinajstić information content (AvgIpc) is 2.33. The molecule has 3 nitrogen and oxygen atoms in total. The lowest BCUT2D eigenvalue weighted by Gasteiger charge is -2.39. The summed E-state index contributed by atoms with van der Waals surface area (Å²) in [4.78, 5) is 2.48. The van der Waals surface area contributed by atoms with Gasteiger partial charge in [-0.3, -0.25) is 4.90 Å². The monoisotopic (exact) mass is 243 g/mol. The van der Waals surface area contributed by atoms with E-state index in [2.05, 4.69) is 18.7 Å². The van der Waals surface area contributed by atoms with Crippen molar-refractivity contribution < 1.29 is 9.47 Å². The summed E-state index contributed by atoms with van der Waals surface area (Å²) in [6.07, 6.45) is 3.85. The summed E-state index contributed by atoms with van der Waals surface area (Å²) >= 11 is 0. The van der Waals surface area contributed by atoms with Crippen molar-refractivity contribution in [3.05, 3.63) is 0 Å². The molecule has 0 N–H and O–H groups in total. The van der Waals surface area contributed by atoms with Crippen LogP contribution in [-0.2, 0) is 9.47 Å². The van der Waals surface area contributed by atoms with Gasteiger partial charge in [0.1, 0.15) is 0 Å². The Morgan fingerprint density at radius 2 is 1.59 bits per heavy atom. The highest BCUT2D eigenvalue weighted by atomic mass is 16.7. The zero-order valence-corrected chi connectivity index (χ0v) is 12.0. The maximum Gasteiger partial charge on any atom is 0.170 e. The summed E-state index contributed by atoms with van der Waals surface area (Å²) in [7, 11) is 0. The molecule has 0 unspecified atom stereocenters. The second-order valence-electron chi connectivity index (χ2n) is 5.31. The Morgan fingerprint density at radius 3 is 2.00 bits per heavy atom. The molecule has 0 radical (unpaired) electrons. The maximum atomic E-state index is 5.60. The molecule has 0 amide bonds. The van der Waals surface area contributed by atoms with Gasteiger partial charge < -0.3 is 9.47 Å². The molecule has 1 fully saturated rings.